The lowest BCUT2D eigenvalue weighted by molar-refractivity contribution is -0.167. The highest BCUT2D eigenvalue weighted by molar-refractivity contribution is 5.91. The van der Waals surface area contributed by atoms with Gasteiger partial charge in [0.2, 0.25) is 0 Å². The Labute approximate surface area is 141 Å². The van der Waals surface area contributed by atoms with Crippen LogP contribution in [0.2, 0.25) is 0 Å². The fourth-order valence-corrected chi connectivity index (χ4v) is 2.67. The van der Waals surface area contributed by atoms with E-state index >= 15 is 0 Å². The van der Waals surface area contributed by atoms with Gasteiger partial charge in [0.1, 0.15) is 5.60 Å². The van der Waals surface area contributed by atoms with E-state index in [-0.39, 0.29) is 0 Å². The Morgan fingerprint density at radius 1 is 1.08 bits per heavy atom. The molecule has 0 bridgehead atoms. The summed E-state index contributed by atoms with van der Waals surface area (Å²) in [7, 11) is 1.57. The van der Waals surface area contributed by atoms with Gasteiger partial charge in [-0.3, -0.25) is 4.79 Å². The normalized spacial score (nSPS) is 14.2. The molecule has 2 aromatic carbocycles. The second-order valence-corrected chi connectivity index (χ2v) is 6.79. The molecule has 0 amide bonds. The molecular formula is C19H23NO4. The van der Waals surface area contributed by atoms with Crippen LogP contribution in [0.15, 0.2) is 42.5 Å². The number of fused-ring (bicyclic) bond motifs is 1. The number of esters is 1. The van der Waals surface area contributed by atoms with E-state index in [1.165, 1.54) is 0 Å². The molecular weight excluding hydrogens is 306 g/mol. The minimum absolute atomic E-state index is 0.406. The second kappa shape index (κ2) is 6.61. The zero-order valence-corrected chi connectivity index (χ0v) is 14.4. The number of carbonyl (C=O) groups is 2. The highest BCUT2D eigenvalue weighted by atomic mass is 16.6. The van der Waals surface area contributed by atoms with Crippen molar-refractivity contribution in [2.24, 2.45) is 0 Å². The number of likely N-dealkylation sites (N-methyl/N-ethyl adjacent to an activating group) is 1. The summed E-state index contributed by atoms with van der Waals surface area (Å²) in [5.74, 6) is -1.68. The van der Waals surface area contributed by atoms with E-state index in [4.69, 9.17) is 4.74 Å². The molecule has 0 aliphatic heterocycles. The Morgan fingerprint density at radius 3 is 2.25 bits per heavy atom. The van der Waals surface area contributed by atoms with Gasteiger partial charge in [0.05, 0.1) is 6.42 Å². The molecule has 0 aromatic heterocycles. The summed E-state index contributed by atoms with van der Waals surface area (Å²) < 4.78 is 5.50. The highest BCUT2D eigenvalue weighted by Gasteiger charge is 2.44. The predicted molar refractivity (Wildman–Crippen MR) is 92.8 cm³/mol. The Balaban J connectivity index is 2.58. The first-order chi connectivity index (χ1) is 11.2. The third-order valence-corrected chi connectivity index (χ3v) is 3.83. The Morgan fingerprint density at radius 2 is 1.71 bits per heavy atom. The first kappa shape index (κ1) is 17.9. The van der Waals surface area contributed by atoms with Crippen molar-refractivity contribution < 1.29 is 19.4 Å². The molecule has 5 nitrogen and oxygen atoms in total. The standard InChI is InChI=1S/C19H23NO4/c1-18(2,3)24-17(23)19(20-4,12-16(21)22)15-10-9-13-7-5-6-8-14(13)11-15/h5-11,20H,12H2,1-4H3,(H,21,22). The van der Waals surface area contributed by atoms with Crippen LogP contribution in [0, 0.1) is 0 Å². The number of ether oxygens (including phenoxy) is 1. The summed E-state index contributed by atoms with van der Waals surface area (Å²) >= 11 is 0. The first-order valence-electron chi connectivity index (χ1n) is 7.81. The number of hydrogen-bond acceptors (Lipinski definition) is 4. The SMILES string of the molecule is CNC(CC(=O)O)(C(=O)OC(C)(C)C)c1ccc2ccccc2c1. The fraction of sp³-hybridized carbons (Fsp3) is 0.368. The van der Waals surface area contributed by atoms with Crippen LogP contribution in [0.5, 0.6) is 0 Å². The number of nitrogens with one attached hydrogen (secondary N) is 1. The quantitative estimate of drug-likeness (QED) is 0.825. The van der Waals surface area contributed by atoms with E-state index in [2.05, 4.69) is 5.32 Å². The Hall–Kier alpha value is -2.40. The topological polar surface area (TPSA) is 75.6 Å². The van der Waals surface area contributed by atoms with Gasteiger partial charge in [0.15, 0.2) is 5.54 Å². The molecule has 0 saturated heterocycles. The lowest BCUT2D eigenvalue weighted by Gasteiger charge is -2.33. The molecule has 0 aliphatic rings. The van der Waals surface area contributed by atoms with Crippen molar-refractivity contribution >= 4 is 22.7 Å². The number of carboxylic acid groups (broad SMARTS) is 1. The van der Waals surface area contributed by atoms with Gasteiger partial charge in [-0.2, -0.15) is 0 Å². The fourth-order valence-electron chi connectivity index (χ4n) is 2.67. The maximum atomic E-state index is 12.8. The van der Waals surface area contributed by atoms with Crippen LogP contribution in [-0.4, -0.2) is 29.7 Å². The molecule has 2 N–H and O–H groups in total. The van der Waals surface area contributed by atoms with Crippen LogP contribution in [-0.2, 0) is 19.9 Å². The molecule has 0 aliphatic carbocycles. The lowest BCUT2D eigenvalue weighted by Crippen LogP contribution is -2.51. The molecule has 1 unspecified atom stereocenters. The largest absolute Gasteiger partial charge is 0.481 e. The van der Waals surface area contributed by atoms with Crippen molar-refractivity contribution in [3.05, 3.63) is 48.0 Å². The third kappa shape index (κ3) is 3.74. The summed E-state index contributed by atoms with van der Waals surface area (Å²) in [5, 5.41) is 14.2. The smallest absolute Gasteiger partial charge is 0.332 e. The lowest BCUT2D eigenvalue weighted by atomic mass is 9.85. The van der Waals surface area contributed by atoms with Crippen LogP contribution in [0.25, 0.3) is 10.8 Å². The molecule has 2 aromatic rings. The number of hydrogen-bond donors (Lipinski definition) is 2. The monoisotopic (exact) mass is 329 g/mol. The minimum Gasteiger partial charge on any atom is -0.481 e. The van der Waals surface area contributed by atoms with Gasteiger partial charge in [0.25, 0.3) is 0 Å². The Kier molecular flexibility index (Phi) is 4.94. The van der Waals surface area contributed by atoms with Crippen molar-refractivity contribution in [1.82, 2.24) is 5.32 Å². The summed E-state index contributed by atoms with van der Waals surface area (Å²) in [6.07, 6.45) is -0.406. The van der Waals surface area contributed by atoms with Gasteiger partial charge in [-0.1, -0.05) is 36.4 Å². The van der Waals surface area contributed by atoms with Gasteiger partial charge in [-0.25, -0.2) is 4.79 Å². The summed E-state index contributed by atoms with van der Waals surface area (Å²) in [6, 6.07) is 13.2. The number of carbonyl (C=O) groups excluding carboxylic acids is 1. The first-order valence-corrected chi connectivity index (χ1v) is 7.81. The van der Waals surface area contributed by atoms with E-state index in [1.807, 2.05) is 36.4 Å². The van der Waals surface area contributed by atoms with Crippen molar-refractivity contribution in [1.29, 1.82) is 0 Å². The van der Waals surface area contributed by atoms with Crippen molar-refractivity contribution in [3.8, 4) is 0 Å². The summed E-state index contributed by atoms with van der Waals surface area (Å²) in [6.45, 7) is 5.27. The zero-order valence-electron chi connectivity index (χ0n) is 14.4. The van der Waals surface area contributed by atoms with Gasteiger partial charge in [0, 0.05) is 0 Å². The average Bonchev–Trinajstić information content (AvgIpc) is 2.50. The minimum atomic E-state index is -1.44. The molecule has 128 valence electrons. The van der Waals surface area contributed by atoms with Crippen LogP contribution >= 0.6 is 0 Å². The summed E-state index contributed by atoms with van der Waals surface area (Å²) in [5.41, 5.74) is -1.59. The molecule has 1 atom stereocenters. The van der Waals surface area contributed by atoms with Crippen LogP contribution in [0.1, 0.15) is 32.8 Å². The van der Waals surface area contributed by atoms with Crippen LogP contribution in [0.3, 0.4) is 0 Å². The van der Waals surface area contributed by atoms with Gasteiger partial charge in [-0.05, 0) is 50.2 Å². The summed E-state index contributed by atoms with van der Waals surface area (Å²) in [4.78, 5) is 24.3. The highest BCUT2D eigenvalue weighted by Crippen LogP contribution is 2.31. The number of rotatable bonds is 5. The van der Waals surface area contributed by atoms with Gasteiger partial charge in [-0.15, -0.1) is 0 Å². The third-order valence-electron chi connectivity index (χ3n) is 3.83. The van der Waals surface area contributed by atoms with Crippen molar-refractivity contribution in [2.75, 3.05) is 7.05 Å². The van der Waals surface area contributed by atoms with Crippen LogP contribution < -0.4 is 5.32 Å². The molecule has 0 spiro atoms. The van der Waals surface area contributed by atoms with Crippen LogP contribution in [0.4, 0.5) is 0 Å². The molecule has 5 heteroatoms. The van der Waals surface area contributed by atoms with Crippen molar-refractivity contribution in [2.45, 2.75) is 38.3 Å². The van der Waals surface area contributed by atoms with E-state index in [9.17, 15) is 14.7 Å². The maximum Gasteiger partial charge on any atom is 0.332 e. The van der Waals surface area contributed by atoms with Crippen molar-refractivity contribution in [3.63, 3.8) is 0 Å². The maximum absolute atomic E-state index is 12.8. The van der Waals surface area contributed by atoms with E-state index in [1.54, 1.807) is 33.9 Å². The second-order valence-electron chi connectivity index (χ2n) is 6.79. The molecule has 0 heterocycles. The molecule has 24 heavy (non-hydrogen) atoms. The number of carboxylic acids is 1. The van der Waals surface area contributed by atoms with E-state index in [0.29, 0.717) is 5.56 Å². The number of aliphatic carboxylic acids is 1. The average molecular weight is 329 g/mol. The molecule has 0 fully saturated rings. The van der Waals surface area contributed by atoms with E-state index < -0.39 is 29.5 Å². The predicted octanol–water partition coefficient (Wildman–Crippen LogP) is 3.07. The molecule has 0 saturated carbocycles. The van der Waals surface area contributed by atoms with E-state index in [0.717, 1.165) is 10.8 Å². The molecule has 0 radical (unpaired) electrons. The van der Waals surface area contributed by atoms with Gasteiger partial charge >= 0.3 is 11.9 Å². The number of benzene rings is 2. The Bertz CT molecular complexity index is 763. The van der Waals surface area contributed by atoms with Gasteiger partial charge < -0.3 is 15.2 Å². The molecule has 2 rings (SSSR count). The zero-order chi connectivity index (χ0) is 18.0.